The van der Waals surface area contributed by atoms with Crippen molar-refractivity contribution in [3.05, 3.63) is 55.6 Å². The molecule has 128 valence electrons. The average Bonchev–Trinajstić information content (AvgIpc) is 2.85. The number of aryl methyl sites for hydroxylation is 3. The fraction of sp³-hybridized carbons (Fsp3) is 0.389. The zero-order chi connectivity index (χ0) is 17.9. The molecule has 0 saturated carbocycles. The summed E-state index contributed by atoms with van der Waals surface area (Å²) < 4.78 is 6.74. The quantitative estimate of drug-likeness (QED) is 0.595. The van der Waals surface area contributed by atoms with Gasteiger partial charge in [0.05, 0.1) is 6.42 Å². The lowest BCUT2D eigenvalue weighted by molar-refractivity contribution is -0.146. The second-order valence-corrected chi connectivity index (χ2v) is 6.66. The molecule has 0 aliphatic carbocycles. The maximum Gasteiger partial charge on any atom is 0.308 e. The molecule has 1 aromatic heterocycles. The Bertz CT molecular complexity index is 819. The van der Waals surface area contributed by atoms with E-state index in [2.05, 4.69) is 0 Å². The van der Waals surface area contributed by atoms with Gasteiger partial charge in [0, 0.05) is 23.2 Å². The van der Waals surface area contributed by atoms with Crippen LogP contribution in [0.15, 0.2) is 28.4 Å². The molecule has 0 spiro atoms. The molecule has 2 rings (SSSR count). The number of hydrogen-bond donors (Lipinski definition) is 0. The molecule has 0 N–H and O–H groups in total. The Morgan fingerprint density at radius 3 is 2.50 bits per heavy atom. The lowest BCUT2D eigenvalue weighted by Crippen LogP contribution is -2.26. The van der Waals surface area contributed by atoms with Gasteiger partial charge in [0.15, 0.2) is 6.10 Å². The zero-order valence-corrected chi connectivity index (χ0v) is 15.1. The van der Waals surface area contributed by atoms with E-state index in [4.69, 9.17) is 4.74 Å². The number of nitrogens with zero attached hydrogens (tertiary/aromatic N) is 1. The number of thiazole rings is 1. The van der Waals surface area contributed by atoms with Crippen molar-refractivity contribution >= 4 is 23.1 Å². The van der Waals surface area contributed by atoms with Gasteiger partial charge in [-0.3, -0.25) is 14.4 Å². The molecule has 5 nitrogen and oxygen atoms in total. The highest BCUT2D eigenvalue weighted by Gasteiger charge is 2.20. The van der Waals surface area contributed by atoms with E-state index >= 15 is 0 Å². The van der Waals surface area contributed by atoms with Crippen molar-refractivity contribution < 1.29 is 14.3 Å². The van der Waals surface area contributed by atoms with E-state index in [0.29, 0.717) is 5.56 Å². The lowest BCUT2D eigenvalue weighted by atomic mass is 10.0. The van der Waals surface area contributed by atoms with E-state index in [1.54, 1.807) is 24.4 Å². The maximum absolute atomic E-state index is 12.4. The maximum atomic E-state index is 12.4. The van der Waals surface area contributed by atoms with Crippen molar-refractivity contribution in [2.24, 2.45) is 0 Å². The van der Waals surface area contributed by atoms with E-state index in [1.807, 2.05) is 26.8 Å². The first kappa shape index (κ1) is 18.1. The standard InChI is InChI=1S/C18H21NO4S/c1-11-5-6-15(9-12(11)2)17(21)14(4)23-16(20)7-8-19-13(3)10-24-18(19)22/h5-6,9-10,14H,7-8H2,1-4H3/t14-/m1/s1. The first-order chi connectivity index (χ1) is 11.3. The molecule has 0 bridgehead atoms. The molecule has 0 unspecified atom stereocenters. The summed E-state index contributed by atoms with van der Waals surface area (Å²) in [5, 5.41) is 1.75. The largest absolute Gasteiger partial charge is 0.454 e. The number of Topliss-reactive ketones (excluding diaryl/α,β-unsaturated/α-hetero) is 1. The Balaban J connectivity index is 1.94. The highest BCUT2D eigenvalue weighted by Crippen LogP contribution is 2.13. The highest BCUT2D eigenvalue weighted by molar-refractivity contribution is 7.07. The Morgan fingerprint density at radius 1 is 1.21 bits per heavy atom. The van der Waals surface area contributed by atoms with Gasteiger partial charge >= 0.3 is 10.8 Å². The van der Waals surface area contributed by atoms with Gasteiger partial charge < -0.3 is 9.30 Å². The van der Waals surface area contributed by atoms with Crippen molar-refractivity contribution in [3.63, 3.8) is 0 Å². The summed E-state index contributed by atoms with van der Waals surface area (Å²) in [6.45, 7) is 7.55. The minimum absolute atomic E-state index is 0.0576. The van der Waals surface area contributed by atoms with Crippen LogP contribution >= 0.6 is 11.3 Å². The van der Waals surface area contributed by atoms with E-state index in [1.165, 1.54) is 4.57 Å². The van der Waals surface area contributed by atoms with Crippen LogP contribution in [0.4, 0.5) is 0 Å². The number of esters is 1. The molecule has 24 heavy (non-hydrogen) atoms. The second-order valence-electron chi connectivity index (χ2n) is 5.84. The monoisotopic (exact) mass is 347 g/mol. The third-order valence-corrected chi connectivity index (χ3v) is 4.87. The average molecular weight is 347 g/mol. The molecule has 0 aliphatic heterocycles. The minimum Gasteiger partial charge on any atom is -0.454 e. The Morgan fingerprint density at radius 2 is 1.92 bits per heavy atom. The molecular weight excluding hydrogens is 326 g/mol. The van der Waals surface area contributed by atoms with Gasteiger partial charge in [-0.1, -0.05) is 23.5 Å². The molecule has 0 radical (unpaired) electrons. The number of rotatable bonds is 6. The first-order valence-corrected chi connectivity index (χ1v) is 8.63. The van der Waals surface area contributed by atoms with Crippen LogP contribution in [0.2, 0.25) is 0 Å². The van der Waals surface area contributed by atoms with Gasteiger partial charge in [0.2, 0.25) is 5.78 Å². The number of ether oxygens (including phenoxy) is 1. The van der Waals surface area contributed by atoms with Crippen LogP contribution in [-0.4, -0.2) is 22.4 Å². The third kappa shape index (κ3) is 4.20. The molecule has 6 heteroatoms. The SMILES string of the molecule is Cc1ccc(C(=O)[C@@H](C)OC(=O)CCn2c(C)csc2=O)cc1C. The molecule has 1 atom stereocenters. The summed E-state index contributed by atoms with van der Waals surface area (Å²) in [5.41, 5.74) is 3.47. The molecule has 0 aliphatic rings. The molecule has 2 aromatic rings. The lowest BCUT2D eigenvalue weighted by Gasteiger charge is -2.13. The summed E-state index contributed by atoms with van der Waals surface area (Å²) in [4.78, 5) is 35.8. The van der Waals surface area contributed by atoms with Crippen LogP contribution < -0.4 is 4.87 Å². The smallest absolute Gasteiger partial charge is 0.308 e. The van der Waals surface area contributed by atoms with Crippen molar-refractivity contribution in [2.75, 3.05) is 0 Å². The van der Waals surface area contributed by atoms with Crippen LogP contribution in [0.5, 0.6) is 0 Å². The van der Waals surface area contributed by atoms with E-state index in [9.17, 15) is 14.4 Å². The Kier molecular flexibility index (Phi) is 5.72. The predicted octanol–water partition coefficient (Wildman–Crippen LogP) is 3.04. The van der Waals surface area contributed by atoms with Crippen LogP contribution in [0.1, 0.15) is 40.5 Å². The highest BCUT2D eigenvalue weighted by atomic mass is 32.1. The first-order valence-electron chi connectivity index (χ1n) is 7.75. The molecule has 0 fully saturated rings. The summed E-state index contributed by atoms with van der Waals surface area (Å²) >= 11 is 1.10. The molecule has 1 heterocycles. The fourth-order valence-electron chi connectivity index (χ4n) is 2.32. The summed E-state index contributed by atoms with van der Waals surface area (Å²) in [5.74, 6) is -0.715. The summed E-state index contributed by atoms with van der Waals surface area (Å²) in [6.07, 6.45) is -0.790. The summed E-state index contributed by atoms with van der Waals surface area (Å²) in [6, 6.07) is 5.42. The van der Waals surface area contributed by atoms with Crippen molar-refractivity contribution in [1.82, 2.24) is 4.57 Å². The molecule has 0 saturated heterocycles. The van der Waals surface area contributed by atoms with Gasteiger partial charge in [-0.05, 0) is 44.9 Å². The van der Waals surface area contributed by atoms with Crippen LogP contribution in [0.25, 0.3) is 0 Å². The normalized spacial score (nSPS) is 12.0. The summed E-state index contributed by atoms with van der Waals surface area (Å²) in [7, 11) is 0. The number of ketones is 1. The molecular formula is C18H21NO4S. The van der Waals surface area contributed by atoms with Crippen LogP contribution in [-0.2, 0) is 16.1 Å². The van der Waals surface area contributed by atoms with Crippen molar-refractivity contribution in [1.29, 1.82) is 0 Å². The second kappa shape index (κ2) is 7.57. The fourth-order valence-corrected chi connectivity index (χ4v) is 3.08. The minimum atomic E-state index is -0.847. The van der Waals surface area contributed by atoms with Gasteiger partial charge in [-0.15, -0.1) is 0 Å². The van der Waals surface area contributed by atoms with Gasteiger partial charge in [0.25, 0.3) is 0 Å². The van der Waals surface area contributed by atoms with Gasteiger partial charge in [0.1, 0.15) is 0 Å². The third-order valence-electron chi connectivity index (χ3n) is 3.98. The van der Waals surface area contributed by atoms with Gasteiger partial charge in [-0.2, -0.15) is 0 Å². The molecule has 0 amide bonds. The number of hydrogen-bond acceptors (Lipinski definition) is 5. The van der Waals surface area contributed by atoms with Crippen LogP contribution in [0, 0.1) is 20.8 Å². The number of aromatic nitrogens is 1. The van der Waals surface area contributed by atoms with Crippen molar-refractivity contribution in [2.45, 2.75) is 46.8 Å². The molecule has 1 aromatic carbocycles. The Hall–Kier alpha value is -2.21. The topological polar surface area (TPSA) is 65.4 Å². The zero-order valence-electron chi connectivity index (χ0n) is 14.3. The predicted molar refractivity (Wildman–Crippen MR) is 93.7 cm³/mol. The van der Waals surface area contributed by atoms with E-state index < -0.39 is 12.1 Å². The number of carbonyl (C=O) groups excluding carboxylic acids is 2. The van der Waals surface area contributed by atoms with Gasteiger partial charge in [-0.25, -0.2) is 0 Å². The van der Waals surface area contributed by atoms with E-state index in [-0.39, 0.29) is 23.6 Å². The van der Waals surface area contributed by atoms with E-state index in [0.717, 1.165) is 28.2 Å². The number of benzene rings is 1. The van der Waals surface area contributed by atoms with Crippen molar-refractivity contribution in [3.8, 4) is 0 Å². The Labute approximate surface area is 144 Å². The van der Waals surface area contributed by atoms with Crippen LogP contribution in [0.3, 0.4) is 0 Å². The number of carbonyl (C=O) groups is 2.